The Balaban J connectivity index is 1.47. The van der Waals surface area contributed by atoms with Gasteiger partial charge < -0.3 is 10.1 Å². The van der Waals surface area contributed by atoms with Gasteiger partial charge in [0.2, 0.25) is 0 Å². The first-order valence-corrected chi connectivity index (χ1v) is 8.00. The number of ketones is 1. The maximum Gasteiger partial charge on any atom is 0.147 e. The van der Waals surface area contributed by atoms with Crippen molar-refractivity contribution >= 4 is 5.78 Å². The van der Waals surface area contributed by atoms with E-state index in [1.807, 2.05) is 6.07 Å². The van der Waals surface area contributed by atoms with Crippen LogP contribution in [0.5, 0.6) is 5.75 Å². The molecule has 0 bridgehead atoms. The van der Waals surface area contributed by atoms with Crippen LogP contribution in [0, 0.1) is 0 Å². The molecule has 0 unspecified atom stereocenters. The van der Waals surface area contributed by atoms with Gasteiger partial charge in [-0.1, -0.05) is 12.1 Å². The van der Waals surface area contributed by atoms with E-state index in [2.05, 4.69) is 22.3 Å². The van der Waals surface area contributed by atoms with E-state index < -0.39 is 0 Å². The number of nitrogens with one attached hydrogen (secondary N) is 1. The predicted molar refractivity (Wildman–Crippen MR) is 82.9 cm³/mol. The number of benzene rings is 1. The largest absolute Gasteiger partial charge is 0.493 e. The van der Waals surface area contributed by atoms with Crippen LogP contribution >= 0.6 is 0 Å². The lowest BCUT2D eigenvalue weighted by Gasteiger charge is -2.18. The minimum atomic E-state index is 0.355. The molecule has 1 aromatic carbocycles. The molecule has 2 heterocycles. The van der Waals surface area contributed by atoms with Crippen LogP contribution in [0.3, 0.4) is 0 Å². The Labute approximate surface area is 126 Å². The van der Waals surface area contributed by atoms with E-state index in [0.29, 0.717) is 18.7 Å². The van der Waals surface area contributed by atoms with E-state index in [9.17, 15) is 4.79 Å². The fourth-order valence-corrected chi connectivity index (χ4v) is 3.07. The van der Waals surface area contributed by atoms with Crippen molar-refractivity contribution in [2.45, 2.75) is 25.7 Å². The monoisotopic (exact) mass is 288 g/mol. The van der Waals surface area contributed by atoms with Crippen molar-refractivity contribution in [3.63, 3.8) is 0 Å². The highest BCUT2D eigenvalue weighted by atomic mass is 16.5. The van der Waals surface area contributed by atoms with Crippen molar-refractivity contribution in [3.05, 3.63) is 29.3 Å². The fourth-order valence-electron chi connectivity index (χ4n) is 3.07. The minimum Gasteiger partial charge on any atom is -0.493 e. The summed E-state index contributed by atoms with van der Waals surface area (Å²) in [5.41, 5.74) is 2.55. The van der Waals surface area contributed by atoms with Gasteiger partial charge in [-0.25, -0.2) is 0 Å². The molecule has 0 saturated carbocycles. The number of nitrogens with zero attached hydrogens (tertiary/aromatic N) is 1. The van der Waals surface area contributed by atoms with Crippen LogP contribution in [0.15, 0.2) is 18.2 Å². The normalized spacial score (nSPS) is 18.9. The summed E-state index contributed by atoms with van der Waals surface area (Å²) >= 11 is 0. The Morgan fingerprint density at radius 1 is 1.29 bits per heavy atom. The molecule has 0 aromatic heterocycles. The molecule has 3 rings (SSSR count). The van der Waals surface area contributed by atoms with E-state index in [0.717, 1.165) is 57.8 Å². The van der Waals surface area contributed by atoms with Gasteiger partial charge in [-0.2, -0.15) is 0 Å². The van der Waals surface area contributed by atoms with Crippen LogP contribution in [0.1, 0.15) is 24.0 Å². The molecular formula is C17H24N2O2. The quantitative estimate of drug-likeness (QED) is 0.890. The highest BCUT2D eigenvalue weighted by Gasteiger charge is 2.14. The van der Waals surface area contributed by atoms with Crippen molar-refractivity contribution in [2.24, 2.45) is 0 Å². The van der Waals surface area contributed by atoms with E-state index in [1.54, 1.807) is 0 Å². The number of fused-ring (bicyclic) bond motifs is 1. The number of Topliss-reactive ketones (excluding diaryl/α,β-unsaturated/α-hetero) is 1. The molecule has 0 aliphatic carbocycles. The van der Waals surface area contributed by atoms with Crippen LogP contribution in [0.25, 0.3) is 0 Å². The van der Waals surface area contributed by atoms with Gasteiger partial charge >= 0.3 is 0 Å². The standard InChI is InChI=1S/C17H24N2O2/c20-16(13-19-9-1-7-18-8-10-19)4-2-14-3-5-17-15(12-14)6-11-21-17/h3,5,12,18H,1-2,4,6-11,13H2. The summed E-state index contributed by atoms with van der Waals surface area (Å²) in [5, 5.41) is 3.37. The fraction of sp³-hybridized carbons (Fsp3) is 0.588. The average molecular weight is 288 g/mol. The van der Waals surface area contributed by atoms with Crippen molar-refractivity contribution in [1.29, 1.82) is 0 Å². The third-order valence-electron chi connectivity index (χ3n) is 4.28. The molecule has 114 valence electrons. The summed E-state index contributed by atoms with van der Waals surface area (Å²) in [6, 6.07) is 6.33. The molecule has 4 heteroatoms. The summed E-state index contributed by atoms with van der Waals surface area (Å²) in [4.78, 5) is 14.4. The molecule has 21 heavy (non-hydrogen) atoms. The molecule has 1 fully saturated rings. The molecule has 4 nitrogen and oxygen atoms in total. The molecule has 0 spiro atoms. The lowest BCUT2D eigenvalue weighted by Crippen LogP contribution is -2.33. The van der Waals surface area contributed by atoms with Crippen molar-refractivity contribution in [3.8, 4) is 5.75 Å². The number of aryl methyl sites for hydroxylation is 1. The SMILES string of the molecule is O=C(CCc1ccc2c(c1)CCO2)CN1CCCNCC1. The zero-order chi connectivity index (χ0) is 14.5. The van der Waals surface area contributed by atoms with E-state index >= 15 is 0 Å². The number of hydrogen-bond donors (Lipinski definition) is 1. The second-order valence-corrected chi connectivity index (χ2v) is 5.96. The predicted octanol–water partition coefficient (Wildman–Crippen LogP) is 1.42. The highest BCUT2D eigenvalue weighted by Crippen LogP contribution is 2.26. The van der Waals surface area contributed by atoms with Crippen LogP contribution in [-0.2, 0) is 17.6 Å². The summed E-state index contributed by atoms with van der Waals surface area (Å²) in [7, 11) is 0. The molecular weight excluding hydrogens is 264 g/mol. The number of carbonyl (C=O) groups excluding carboxylic acids is 1. The van der Waals surface area contributed by atoms with Gasteiger partial charge in [-0.05, 0) is 43.1 Å². The third-order valence-corrected chi connectivity index (χ3v) is 4.28. The van der Waals surface area contributed by atoms with Gasteiger partial charge in [0.1, 0.15) is 11.5 Å². The van der Waals surface area contributed by atoms with Gasteiger partial charge in [0.15, 0.2) is 0 Å². The maximum atomic E-state index is 12.1. The van der Waals surface area contributed by atoms with Gasteiger partial charge in [0.05, 0.1) is 13.2 Å². The first kappa shape index (κ1) is 14.5. The molecule has 0 amide bonds. The zero-order valence-electron chi connectivity index (χ0n) is 12.6. The van der Waals surface area contributed by atoms with E-state index in [-0.39, 0.29) is 0 Å². The summed E-state index contributed by atoms with van der Waals surface area (Å²) < 4.78 is 5.51. The molecule has 1 N–H and O–H groups in total. The molecule has 2 aliphatic rings. The van der Waals surface area contributed by atoms with Crippen molar-refractivity contribution < 1.29 is 9.53 Å². The lowest BCUT2D eigenvalue weighted by molar-refractivity contribution is -0.120. The molecule has 1 aromatic rings. The smallest absolute Gasteiger partial charge is 0.147 e. The van der Waals surface area contributed by atoms with Crippen LogP contribution < -0.4 is 10.1 Å². The van der Waals surface area contributed by atoms with Gasteiger partial charge in [0.25, 0.3) is 0 Å². The van der Waals surface area contributed by atoms with Crippen LogP contribution in [-0.4, -0.2) is 50.0 Å². The van der Waals surface area contributed by atoms with Gasteiger partial charge in [0, 0.05) is 25.9 Å². The molecule has 0 atom stereocenters. The number of rotatable bonds is 5. The van der Waals surface area contributed by atoms with Crippen molar-refractivity contribution in [2.75, 3.05) is 39.3 Å². The minimum absolute atomic E-state index is 0.355. The summed E-state index contributed by atoms with van der Waals surface area (Å²) in [5.74, 6) is 1.37. The third kappa shape index (κ3) is 4.05. The Hall–Kier alpha value is -1.39. The Kier molecular flexibility index (Phi) is 4.88. The number of carbonyl (C=O) groups is 1. The molecule has 1 saturated heterocycles. The summed E-state index contributed by atoms with van der Waals surface area (Å²) in [6.45, 7) is 5.49. The Morgan fingerprint density at radius 3 is 3.19 bits per heavy atom. The summed E-state index contributed by atoms with van der Waals surface area (Å²) in [6.07, 6.45) is 3.62. The topological polar surface area (TPSA) is 41.6 Å². The van der Waals surface area contributed by atoms with Crippen LogP contribution in [0.2, 0.25) is 0 Å². The van der Waals surface area contributed by atoms with Gasteiger partial charge in [-0.15, -0.1) is 0 Å². The Morgan fingerprint density at radius 2 is 2.24 bits per heavy atom. The second kappa shape index (κ2) is 7.05. The Bertz CT molecular complexity index is 494. The highest BCUT2D eigenvalue weighted by molar-refractivity contribution is 5.80. The zero-order valence-corrected chi connectivity index (χ0v) is 12.6. The second-order valence-electron chi connectivity index (χ2n) is 5.96. The first-order valence-electron chi connectivity index (χ1n) is 8.00. The van der Waals surface area contributed by atoms with E-state index in [4.69, 9.17) is 4.74 Å². The van der Waals surface area contributed by atoms with Crippen molar-refractivity contribution in [1.82, 2.24) is 10.2 Å². The lowest BCUT2D eigenvalue weighted by atomic mass is 10.0. The molecule has 0 radical (unpaired) electrons. The van der Waals surface area contributed by atoms with Gasteiger partial charge in [-0.3, -0.25) is 9.69 Å². The van der Waals surface area contributed by atoms with E-state index in [1.165, 1.54) is 11.1 Å². The first-order chi connectivity index (χ1) is 10.3. The number of ether oxygens (including phenoxy) is 1. The van der Waals surface area contributed by atoms with Crippen LogP contribution in [0.4, 0.5) is 0 Å². The maximum absolute atomic E-state index is 12.1. The average Bonchev–Trinajstić information content (AvgIpc) is 2.81. The number of hydrogen-bond acceptors (Lipinski definition) is 4. The molecule has 2 aliphatic heterocycles.